The van der Waals surface area contributed by atoms with Gasteiger partial charge in [0.2, 0.25) is 11.7 Å². The molecule has 146 valence electrons. The zero-order valence-corrected chi connectivity index (χ0v) is 16.4. The second-order valence-electron chi connectivity index (χ2n) is 6.34. The molecule has 10 heteroatoms. The smallest absolute Gasteiger partial charge is 0.269 e. The average Bonchev–Trinajstić information content (AvgIpc) is 3.30. The fourth-order valence-corrected chi connectivity index (χ4v) is 3.50. The second kappa shape index (κ2) is 8.26. The molecule has 28 heavy (non-hydrogen) atoms. The molecule has 0 aliphatic carbocycles. The van der Waals surface area contributed by atoms with E-state index in [1.165, 1.54) is 30.0 Å². The van der Waals surface area contributed by atoms with Crippen LogP contribution in [0, 0.1) is 17.0 Å². The van der Waals surface area contributed by atoms with E-state index in [1.54, 1.807) is 25.3 Å². The summed E-state index contributed by atoms with van der Waals surface area (Å²) in [4.78, 5) is 22.7. The predicted molar refractivity (Wildman–Crippen MR) is 105 cm³/mol. The lowest BCUT2D eigenvalue weighted by Crippen LogP contribution is -2.15. The molecule has 1 amide bonds. The molecule has 1 aromatic carbocycles. The molecule has 0 saturated heterocycles. The summed E-state index contributed by atoms with van der Waals surface area (Å²) in [6.45, 7) is 5.71. The highest BCUT2D eigenvalue weighted by atomic mass is 32.2. The van der Waals surface area contributed by atoms with Crippen molar-refractivity contribution in [3.05, 3.63) is 52.3 Å². The first kappa shape index (κ1) is 19.6. The Morgan fingerprint density at radius 2 is 2.14 bits per heavy atom. The number of carbonyl (C=O) groups excluding carboxylic acids is 1. The Balaban J connectivity index is 1.69. The first-order chi connectivity index (χ1) is 13.4. The van der Waals surface area contributed by atoms with Crippen LogP contribution >= 0.6 is 11.8 Å². The summed E-state index contributed by atoms with van der Waals surface area (Å²) in [7, 11) is 0. The number of thioether (sulfide) groups is 1. The maximum Gasteiger partial charge on any atom is 0.269 e. The molecule has 0 aliphatic rings. The number of hydrogen-bond acceptors (Lipinski definition) is 7. The van der Waals surface area contributed by atoms with Gasteiger partial charge < -0.3 is 9.73 Å². The summed E-state index contributed by atoms with van der Waals surface area (Å²) >= 11 is 1.26. The van der Waals surface area contributed by atoms with Crippen molar-refractivity contribution in [2.45, 2.75) is 32.0 Å². The lowest BCUT2D eigenvalue weighted by molar-refractivity contribution is -0.384. The van der Waals surface area contributed by atoms with Crippen molar-refractivity contribution in [2.75, 3.05) is 11.1 Å². The van der Waals surface area contributed by atoms with Crippen molar-refractivity contribution >= 4 is 29.0 Å². The average molecular weight is 401 g/mol. The fourth-order valence-electron chi connectivity index (χ4n) is 2.63. The topological polar surface area (TPSA) is 116 Å². The van der Waals surface area contributed by atoms with Gasteiger partial charge in [0.25, 0.3) is 5.69 Å². The quantitative estimate of drug-likeness (QED) is 0.360. The predicted octanol–water partition coefficient (Wildman–Crippen LogP) is 4.07. The molecule has 1 N–H and O–H groups in total. The molecule has 0 spiro atoms. The number of nitrogens with one attached hydrogen (secondary N) is 1. The maximum absolute atomic E-state index is 12.3. The summed E-state index contributed by atoms with van der Waals surface area (Å²) in [6, 6.07) is 7.98. The Morgan fingerprint density at radius 1 is 1.36 bits per heavy atom. The van der Waals surface area contributed by atoms with Gasteiger partial charge in [-0.05, 0) is 44.5 Å². The third kappa shape index (κ3) is 4.22. The van der Waals surface area contributed by atoms with E-state index in [4.69, 9.17) is 4.42 Å². The third-order valence-corrected chi connectivity index (χ3v) is 4.89. The van der Waals surface area contributed by atoms with Gasteiger partial charge in [0.1, 0.15) is 0 Å². The number of hydrogen-bond donors (Lipinski definition) is 1. The highest BCUT2D eigenvalue weighted by Crippen LogP contribution is 2.28. The highest BCUT2D eigenvalue weighted by molar-refractivity contribution is 7.99. The Bertz CT molecular complexity index is 998. The van der Waals surface area contributed by atoms with E-state index < -0.39 is 4.92 Å². The van der Waals surface area contributed by atoms with Crippen molar-refractivity contribution in [3.63, 3.8) is 0 Å². The van der Waals surface area contributed by atoms with Gasteiger partial charge in [-0.3, -0.25) is 19.5 Å². The monoisotopic (exact) mass is 401 g/mol. The van der Waals surface area contributed by atoms with Crippen LogP contribution in [0.5, 0.6) is 0 Å². The lowest BCUT2D eigenvalue weighted by Gasteiger charge is -2.12. The number of non-ortho nitro benzene ring substituents is 1. The molecular weight excluding hydrogens is 382 g/mol. The number of benzene rings is 1. The van der Waals surface area contributed by atoms with Crippen molar-refractivity contribution in [2.24, 2.45) is 0 Å². The molecule has 0 radical (unpaired) electrons. The second-order valence-corrected chi connectivity index (χ2v) is 7.28. The number of aromatic nitrogens is 3. The van der Waals surface area contributed by atoms with Gasteiger partial charge in [-0.2, -0.15) is 0 Å². The van der Waals surface area contributed by atoms with Crippen LogP contribution in [-0.2, 0) is 4.79 Å². The number of nitro groups is 1. The van der Waals surface area contributed by atoms with Crippen molar-refractivity contribution in [3.8, 4) is 11.6 Å². The Morgan fingerprint density at radius 3 is 2.75 bits per heavy atom. The SMILES string of the molecule is Cc1cc([N+](=O)[O-])ccc1NC(=O)CSc1nnc(-c2ccco2)n1C(C)C. The minimum atomic E-state index is -0.468. The van der Waals surface area contributed by atoms with Crippen molar-refractivity contribution < 1.29 is 14.1 Å². The van der Waals surface area contributed by atoms with E-state index in [2.05, 4.69) is 15.5 Å². The minimum Gasteiger partial charge on any atom is -0.461 e. The van der Waals surface area contributed by atoms with E-state index >= 15 is 0 Å². The van der Waals surface area contributed by atoms with Gasteiger partial charge in [0.05, 0.1) is 16.9 Å². The van der Waals surface area contributed by atoms with Gasteiger partial charge >= 0.3 is 0 Å². The Labute approximate surface area is 165 Å². The molecule has 0 unspecified atom stereocenters. The molecule has 2 heterocycles. The Kier molecular flexibility index (Phi) is 5.78. The summed E-state index contributed by atoms with van der Waals surface area (Å²) < 4.78 is 7.32. The van der Waals surface area contributed by atoms with Gasteiger partial charge in [-0.15, -0.1) is 10.2 Å². The van der Waals surface area contributed by atoms with E-state index in [1.807, 2.05) is 18.4 Å². The number of anilines is 1. The van der Waals surface area contributed by atoms with Gasteiger partial charge in [0.15, 0.2) is 10.9 Å². The lowest BCUT2D eigenvalue weighted by atomic mass is 10.2. The molecule has 3 rings (SSSR count). The van der Waals surface area contributed by atoms with Crippen LogP contribution < -0.4 is 5.32 Å². The van der Waals surface area contributed by atoms with Crippen LogP contribution in [0.1, 0.15) is 25.5 Å². The molecule has 0 fully saturated rings. The van der Waals surface area contributed by atoms with Crippen LogP contribution in [0.4, 0.5) is 11.4 Å². The van der Waals surface area contributed by atoms with E-state index in [-0.39, 0.29) is 23.4 Å². The summed E-state index contributed by atoms with van der Waals surface area (Å²) in [5.74, 6) is 1.10. The van der Waals surface area contributed by atoms with Gasteiger partial charge in [-0.25, -0.2) is 0 Å². The molecule has 9 nitrogen and oxygen atoms in total. The standard InChI is InChI=1S/C18H19N5O4S/c1-11(2)22-17(15-5-4-8-27-15)20-21-18(22)28-10-16(24)19-14-7-6-13(23(25)26)9-12(14)3/h4-9,11H,10H2,1-3H3,(H,19,24). The first-order valence-corrected chi connectivity index (χ1v) is 9.52. The van der Waals surface area contributed by atoms with E-state index in [0.29, 0.717) is 28.0 Å². The number of aryl methyl sites for hydroxylation is 1. The third-order valence-electron chi connectivity index (χ3n) is 3.95. The number of furan rings is 1. The summed E-state index contributed by atoms with van der Waals surface area (Å²) in [5, 5.41) is 22.6. The van der Waals surface area contributed by atoms with E-state index in [0.717, 1.165) is 0 Å². The molecular formula is C18H19N5O4S. The van der Waals surface area contributed by atoms with Crippen LogP contribution in [0.25, 0.3) is 11.6 Å². The minimum absolute atomic E-state index is 0.0136. The largest absolute Gasteiger partial charge is 0.461 e. The number of amides is 1. The number of carbonyl (C=O) groups is 1. The Hall–Kier alpha value is -3.14. The van der Waals surface area contributed by atoms with Crippen LogP contribution in [-0.4, -0.2) is 31.3 Å². The molecule has 0 bridgehead atoms. The summed E-state index contributed by atoms with van der Waals surface area (Å²) in [6.07, 6.45) is 1.57. The van der Waals surface area contributed by atoms with Crippen LogP contribution in [0.3, 0.4) is 0 Å². The maximum atomic E-state index is 12.3. The fraction of sp³-hybridized carbons (Fsp3) is 0.278. The first-order valence-electron chi connectivity index (χ1n) is 8.53. The molecule has 3 aromatic rings. The normalized spacial score (nSPS) is 11.0. The molecule has 2 aromatic heterocycles. The highest BCUT2D eigenvalue weighted by Gasteiger charge is 2.19. The van der Waals surface area contributed by atoms with Crippen molar-refractivity contribution in [1.29, 1.82) is 0 Å². The zero-order chi connectivity index (χ0) is 20.3. The number of nitrogens with zero attached hydrogens (tertiary/aromatic N) is 4. The van der Waals surface area contributed by atoms with Gasteiger partial charge in [0, 0.05) is 23.9 Å². The molecule has 0 saturated carbocycles. The molecule has 0 atom stereocenters. The van der Waals surface area contributed by atoms with Crippen LogP contribution in [0.15, 0.2) is 46.2 Å². The zero-order valence-electron chi connectivity index (χ0n) is 15.6. The summed E-state index contributed by atoms with van der Waals surface area (Å²) in [5.41, 5.74) is 1.15. The number of rotatable bonds is 7. The van der Waals surface area contributed by atoms with Crippen molar-refractivity contribution in [1.82, 2.24) is 14.8 Å². The number of nitro benzene ring substituents is 1. The van der Waals surface area contributed by atoms with E-state index in [9.17, 15) is 14.9 Å². The van der Waals surface area contributed by atoms with Gasteiger partial charge in [-0.1, -0.05) is 11.8 Å². The van der Waals surface area contributed by atoms with Crippen LogP contribution in [0.2, 0.25) is 0 Å². The molecule has 0 aliphatic heterocycles.